The SMILES string of the molecule is Cc1cc(C)nc(Sc2ccc(C(=N)N)cc2F)n1. The van der Waals surface area contributed by atoms with Crippen molar-refractivity contribution in [2.24, 2.45) is 5.73 Å². The molecule has 1 heterocycles. The smallest absolute Gasteiger partial charge is 0.192 e. The van der Waals surface area contributed by atoms with Gasteiger partial charge < -0.3 is 5.73 Å². The summed E-state index contributed by atoms with van der Waals surface area (Å²) >= 11 is 1.15. The molecule has 1 aromatic heterocycles. The fourth-order valence-corrected chi connectivity index (χ4v) is 2.46. The maximum absolute atomic E-state index is 13.9. The van der Waals surface area contributed by atoms with Crippen LogP contribution in [-0.4, -0.2) is 15.8 Å². The number of hydrogen-bond donors (Lipinski definition) is 2. The second-order valence-electron chi connectivity index (χ2n) is 4.09. The quantitative estimate of drug-likeness (QED) is 0.513. The number of amidine groups is 1. The van der Waals surface area contributed by atoms with Crippen molar-refractivity contribution in [2.75, 3.05) is 0 Å². The zero-order valence-electron chi connectivity index (χ0n) is 10.6. The molecule has 6 heteroatoms. The summed E-state index contributed by atoms with van der Waals surface area (Å²) in [7, 11) is 0. The molecule has 2 rings (SSSR count). The maximum Gasteiger partial charge on any atom is 0.192 e. The first-order chi connectivity index (χ1) is 8.95. The Labute approximate surface area is 114 Å². The summed E-state index contributed by atoms with van der Waals surface area (Å²) in [5.41, 5.74) is 7.36. The van der Waals surface area contributed by atoms with E-state index in [2.05, 4.69) is 9.97 Å². The van der Waals surface area contributed by atoms with Gasteiger partial charge in [-0.05, 0) is 49.9 Å². The molecule has 4 nitrogen and oxygen atoms in total. The third kappa shape index (κ3) is 3.29. The Morgan fingerprint density at radius 3 is 2.37 bits per heavy atom. The summed E-state index contributed by atoms with van der Waals surface area (Å²) in [5, 5.41) is 7.77. The second-order valence-corrected chi connectivity index (χ2v) is 5.10. The third-order valence-corrected chi connectivity index (χ3v) is 3.32. The van der Waals surface area contributed by atoms with Crippen LogP contribution in [0.2, 0.25) is 0 Å². The summed E-state index contributed by atoms with van der Waals surface area (Å²) in [4.78, 5) is 8.90. The number of nitrogens with two attached hydrogens (primary N) is 1. The minimum absolute atomic E-state index is 0.155. The van der Waals surface area contributed by atoms with E-state index in [4.69, 9.17) is 11.1 Å². The lowest BCUT2D eigenvalue weighted by atomic mass is 10.2. The van der Waals surface area contributed by atoms with E-state index in [9.17, 15) is 4.39 Å². The molecule has 0 atom stereocenters. The summed E-state index contributed by atoms with van der Waals surface area (Å²) in [6.07, 6.45) is 0. The molecule has 0 unspecified atom stereocenters. The fourth-order valence-electron chi connectivity index (χ4n) is 1.59. The zero-order valence-corrected chi connectivity index (χ0v) is 11.4. The monoisotopic (exact) mass is 276 g/mol. The number of rotatable bonds is 3. The number of aryl methyl sites for hydroxylation is 2. The molecule has 0 saturated carbocycles. The average Bonchev–Trinajstić information content (AvgIpc) is 2.30. The van der Waals surface area contributed by atoms with Crippen molar-refractivity contribution >= 4 is 17.6 Å². The minimum Gasteiger partial charge on any atom is -0.384 e. The molecule has 0 spiro atoms. The highest BCUT2D eigenvalue weighted by Gasteiger charge is 2.09. The molecule has 0 amide bonds. The van der Waals surface area contributed by atoms with Crippen molar-refractivity contribution in [3.8, 4) is 0 Å². The molecule has 0 fully saturated rings. The molecule has 0 aliphatic carbocycles. The Bertz CT molecular complexity index is 622. The summed E-state index contributed by atoms with van der Waals surface area (Å²) < 4.78 is 13.9. The van der Waals surface area contributed by atoms with Crippen LogP contribution in [0.5, 0.6) is 0 Å². The van der Waals surface area contributed by atoms with Crippen LogP contribution in [0, 0.1) is 25.1 Å². The van der Waals surface area contributed by atoms with Crippen LogP contribution in [0.15, 0.2) is 34.3 Å². The van der Waals surface area contributed by atoms with E-state index >= 15 is 0 Å². The Morgan fingerprint density at radius 2 is 1.84 bits per heavy atom. The molecule has 2 aromatic rings. The summed E-state index contributed by atoms with van der Waals surface area (Å²) in [5.74, 6) is -0.585. The van der Waals surface area contributed by atoms with Gasteiger partial charge in [0.05, 0.1) is 4.90 Å². The molecular weight excluding hydrogens is 263 g/mol. The first kappa shape index (κ1) is 13.5. The van der Waals surface area contributed by atoms with Gasteiger partial charge in [0, 0.05) is 17.0 Å². The molecule has 0 bridgehead atoms. The molecule has 0 aliphatic rings. The first-order valence-corrected chi connectivity index (χ1v) is 6.41. The van der Waals surface area contributed by atoms with E-state index in [-0.39, 0.29) is 5.84 Å². The molecule has 0 aliphatic heterocycles. The van der Waals surface area contributed by atoms with E-state index in [1.54, 1.807) is 12.1 Å². The highest BCUT2D eigenvalue weighted by Crippen LogP contribution is 2.28. The zero-order chi connectivity index (χ0) is 14.0. The van der Waals surface area contributed by atoms with E-state index in [0.29, 0.717) is 15.6 Å². The number of hydrogen-bond acceptors (Lipinski definition) is 4. The Balaban J connectivity index is 2.30. The molecule has 98 valence electrons. The van der Waals surface area contributed by atoms with Crippen LogP contribution in [0.3, 0.4) is 0 Å². The lowest BCUT2D eigenvalue weighted by Crippen LogP contribution is -2.11. The molecule has 3 N–H and O–H groups in total. The highest BCUT2D eigenvalue weighted by molar-refractivity contribution is 7.99. The molecule has 1 aromatic carbocycles. The minimum atomic E-state index is -0.430. The van der Waals surface area contributed by atoms with Crippen LogP contribution in [0.25, 0.3) is 0 Å². The summed E-state index contributed by atoms with van der Waals surface area (Å²) in [6, 6.07) is 6.29. The number of aromatic nitrogens is 2. The lowest BCUT2D eigenvalue weighted by molar-refractivity contribution is 0.601. The fraction of sp³-hybridized carbons (Fsp3) is 0.154. The van der Waals surface area contributed by atoms with Gasteiger partial charge in [0.15, 0.2) is 5.16 Å². The maximum atomic E-state index is 13.9. The van der Waals surface area contributed by atoms with E-state index in [0.717, 1.165) is 23.1 Å². The normalized spacial score (nSPS) is 10.5. The van der Waals surface area contributed by atoms with Crippen molar-refractivity contribution in [3.63, 3.8) is 0 Å². The molecule has 0 radical (unpaired) electrons. The number of nitrogen functional groups attached to an aromatic ring is 1. The summed E-state index contributed by atoms with van der Waals surface area (Å²) in [6.45, 7) is 3.74. The van der Waals surface area contributed by atoms with Gasteiger partial charge in [-0.25, -0.2) is 14.4 Å². The van der Waals surface area contributed by atoms with Crippen molar-refractivity contribution < 1.29 is 4.39 Å². The molecular formula is C13H13FN4S. The number of benzene rings is 1. The number of nitrogens with zero attached hydrogens (tertiary/aromatic N) is 2. The van der Waals surface area contributed by atoms with Crippen LogP contribution in [-0.2, 0) is 0 Å². The van der Waals surface area contributed by atoms with Crippen molar-refractivity contribution in [1.82, 2.24) is 9.97 Å². The van der Waals surface area contributed by atoms with Crippen LogP contribution < -0.4 is 5.73 Å². The number of nitrogens with one attached hydrogen (secondary N) is 1. The Hall–Kier alpha value is -1.95. The average molecular weight is 276 g/mol. The topological polar surface area (TPSA) is 75.7 Å². The molecule has 19 heavy (non-hydrogen) atoms. The van der Waals surface area contributed by atoms with Crippen molar-refractivity contribution in [3.05, 3.63) is 47.0 Å². The Morgan fingerprint density at radius 1 is 1.21 bits per heavy atom. The van der Waals surface area contributed by atoms with Crippen LogP contribution >= 0.6 is 11.8 Å². The second kappa shape index (κ2) is 5.36. The largest absolute Gasteiger partial charge is 0.384 e. The van der Waals surface area contributed by atoms with Gasteiger partial charge in [0.2, 0.25) is 0 Å². The van der Waals surface area contributed by atoms with Crippen LogP contribution in [0.4, 0.5) is 4.39 Å². The van der Waals surface area contributed by atoms with Crippen molar-refractivity contribution in [2.45, 2.75) is 23.9 Å². The van der Waals surface area contributed by atoms with Gasteiger partial charge in [0.1, 0.15) is 11.7 Å². The first-order valence-electron chi connectivity index (χ1n) is 5.60. The Kier molecular flexibility index (Phi) is 3.80. The van der Waals surface area contributed by atoms with Gasteiger partial charge in [-0.3, -0.25) is 5.41 Å². The van der Waals surface area contributed by atoms with Gasteiger partial charge in [-0.15, -0.1) is 0 Å². The lowest BCUT2D eigenvalue weighted by Gasteiger charge is -2.05. The predicted molar refractivity (Wildman–Crippen MR) is 73.0 cm³/mol. The van der Waals surface area contributed by atoms with Gasteiger partial charge in [0.25, 0.3) is 0 Å². The van der Waals surface area contributed by atoms with Gasteiger partial charge in [-0.2, -0.15) is 0 Å². The van der Waals surface area contributed by atoms with E-state index in [1.807, 2.05) is 19.9 Å². The third-order valence-electron chi connectivity index (χ3n) is 2.41. The van der Waals surface area contributed by atoms with Gasteiger partial charge >= 0.3 is 0 Å². The highest BCUT2D eigenvalue weighted by atomic mass is 32.2. The van der Waals surface area contributed by atoms with E-state index in [1.165, 1.54) is 6.07 Å². The van der Waals surface area contributed by atoms with Crippen LogP contribution in [0.1, 0.15) is 17.0 Å². The predicted octanol–water partition coefficient (Wildman–Crippen LogP) is 2.67. The molecule has 0 saturated heterocycles. The van der Waals surface area contributed by atoms with Gasteiger partial charge in [-0.1, -0.05) is 0 Å². The van der Waals surface area contributed by atoms with E-state index < -0.39 is 5.82 Å². The standard InChI is InChI=1S/C13H13FN4S/c1-7-5-8(2)18-13(17-7)19-11-4-3-9(12(15)16)6-10(11)14/h3-6H,1-2H3,(H3,15,16). The number of halogens is 1. The van der Waals surface area contributed by atoms with Crippen molar-refractivity contribution in [1.29, 1.82) is 5.41 Å².